The molecule has 1 aliphatic heterocycles. The Morgan fingerprint density at radius 3 is 2.79 bits per heavy atom. The molecule has 2 rings (SSSR count). The second-order valence-corrected chi connectivity index (χ2v) is 4.50. The molecule has 1 saturated carbocycles. The van der Waals surface area contributed by atoms with Crippen molar-refractivity contribution in [2.45, 2.75) is 43.7 Å². The fourth-order valence-corrected chi connectivity index (χ4v) is 2.49. The van der Waals surface area contributed by atoms with E-state index in [-0.39, 0.29) is 11.5 Å². The van der Waals surface area contributed by atoms with Crippen molar-refractivity contribution in [2.75, 3.05) is 6.61 Å². The second-order valence-electron chi connectivity index (χ2n) is 4.50. The van der Waals surface area contributed by atoms with Crippen LogP contribution in [0.15, 0.2) is 0 Å². The van der Waals surface area contributed by atoms with E-state index < -0.39 is 12.0 Å². The Morgan fingerprint density at radius 2 is 2.29 bits per heavy atom. The molecule has 0 amide bonds. The minimum absolute atomic E-state index is 0.00398. The van der Waals surface area contributed by atoms with Crippen LogP contribution >= 0.6 is 0 Å². The van der Waals surface area contributed by atoms with Gasteiger partial charge in [-0.2, -0.15) is 0 Å². The smallest absolute Gasteiger partial charge is 0.320 e. The van der Waals surface area contributed by atoms with Gasteiger partial charge in [-0.25, -0.2) is 0 Å². The van der Waals surface area contributed by atoms with Gasteiger partial charge in [0.1, 0.15) is 6.04 Å². The summed E-state index contributed by atoms with van der Waals surface area (Å²) in [6, 6.07) is -0.712. The molecule has 0 aromatic carbocycles. The fourth-order valence-electron chi connectivity index (χ4n) is 2.49. The van der Waals surface area contributed by atoms with Gasteiger partial charge in [0.2, 0.25) is 0 Å². The van der Waals surface area contributed by atoms with Crippen LogP contribution < -0.4 is 5.73 Å². The lowest BCUT2D eigenvalue weighted by Crippen LogP contribution is -2.51. The largest absolute Gasteiger partial charge is 0.480 e. The van der Waals surface area contributed by atoms with Crippen LogP contribution in [0.25, 0.3) is 0 Å². The molecule has 0 radical (unpaired) electrons. The lowest BCUT2D eigenvalue weighted by Gasteiger charge is -2.47. The average molecular weight is 199 g/mol. The zero-order valence-electron chi connectivity index (χ0n) is 8.24. The molecule has 0 aromatic rings. The first-order valence-electron chi connectivity index (χ1n) is 5.25. The number of nitrogens with two attached hydrogens (primary N) is 1. The third kappa shape index (κ3) is 1.64. The molecule has 2 atom stereocenters. The van der Waals surface area contributed by atoms with Crippen molar-refractivity contribution in [2.24, 2.45) is 11.7 Å². The molecule has 80 valence electrons. The zero-order valence-corrected chi connectivity index (χ0v) is 8.24. The fraction of sp³-hybridized carbons (Fsp3) is 0.900. The summed E-state index contributed by atoms with van der Waals surface area (Å²) in [5.74, 6) is -0.784. The van der Waals surface area contributed by atoms with E-state index in [4.69, 9.17) is 15.6 Å². The highest BCUT2D eigenvalue weighted by atomic mass is 16.5. The van der Waals surface area contributed by atoms with Gasteiger partial charge >= 0.3 is 5.97 Å². The molecule has 4 nitrogen and oxygen atoms in total. The number of hydrogen-bond acceptors (Lipinski definition) is 3. The van der Waals surface area contributed by atoms with Crippen molar-refractivity contribution in [1.29, 1.82) is 0 Å². The lowest BCUT2D eigenvalue weighted by molar-refractivity contribution is -0.156. The van der Waals surface area contributed by atoms with Gasteiger partial charge in [-0.3, -0.25) is 4.79 Å². The summed E-state index contributed by atoms with van der Waals surface area (Å²) in [5, 5.41) is 8.83. The van der Waals surface area contributed by atoms with E-state index >= 15 is 0 Å². The van der Waals surface area contributed by atoms with E-state index in [9.17, 15) is 4.79 Å². The Bertz CT molecular complexity index is 238. The van der Waals surface area contributed by atoms with Crippen molar-refractivity contribution in [3.63, 3.8) is 0 Å². The number of hydrogen-bond donors (Lipinski definition) is 2. The highest BCUT2D eigenvalue weighted by Gasteiger charge is 2.44. The number of carbonyl (C=O) groups is 1. The number of rotatable bonds is 2. The van der Waals surface area contributed by atoms with Crippen molar-refractivity contribution in [1.82, 2.24) is 0 Å². The molecule has 0 bridgehead atoms. The van der Waals surface area contributed by atoms with E-state index in [0.717, 1.165) is 25.7 Å². The van der Waals surface area contributed by atoms with Gasteiger partial charge < -0.3 is 15.6 Å². The molecule has 2 fully saturated rings. The van der Waals surface area contributed by atoms with Crippen molar-refractivity contribution in [3.05, 3.63) is 0 Å². The number of carboxylic acids is 1. The zero-order chi connectivity index (χ0) is 10.2. The van der Waals surface area contributed by atoms with E-state index in [1.54, 1.807) is 0 Å². The molecule has 14 heavy (non-hydrogen) atoms. The lowest BCUT2D eigenvalue weighted by atomic mass is 9.70. The van der Waals surface area contributed by atoms with Gasteiger partial charge in [0.05, 0.1) is 5.60 Å². The average Bonchev–Trinajstić information content (AvgIpc) is 2.14. The van der Waals surface area contributed by atoms with Crippen LogP contribution in [0.4, 0.5) is 0 Å². The molecular formula is C10H17NO3. The van der Waals surface area contributed by atoms with Crippen molar-refractivity contribution in [3.8, 4) is 0 Å². The normalized spacial score (nSPS) is 32.2. The van der Waals surface area contributed by atoms with E-state index in [1.807, 2.05) is 0 Å². The van der Waals surface area contributed by atoms with Gasteiger partial charge in [-0.1, -0.05) is 0 Å². The molecule has 1 spiro atoms. The third-order valence-corrected chi connectivity index (χ3v) is 3.59. The molecule has 3 N–H and O–H groups in total. The Hall–Kier alpha value is -0.610. The van der Waals surface area contributed by atoms with Crippen LogP contribution in [-0.4, -0.2) is 29.3 Å². The minimum atomic E-state index is -0.883. The molecule has 0 unspecified atom stereocenters. The summed E-state index contributed by atoms with van der Waals surface area (Å²) in [4.78, 5) is 10.8. The highest BCUT2D eigenvalue weighted by Crippen LogP contribution is 2.44. The summed E-state index contributed by atoms with van der Waals surface area (Å²) in [6.07, 6.45) is 4.98. The summed E-state index contributed by atoms with van der Waals surface area (Å²) in [6.45, 7) is 0.672. The van der Waals surface area contributed by atoms with Crippen LogP contribution in [0.5, 0.6) is 0 Å². The maximum absolute atomic E-state index is 10.8. The van der Waals surface area contributed by atoms with Crippen LogP contribution in [0.1, 0.15) is 32.1 Å². The monoisotopic (exact) mass is 199 g/mol. The van der Waals surface area contributed by atoms with E-state index in [1.165, 1.54) is 6.42 Å². The summed E-state index contributed by atoms with van der Waals surface area (Å²) in [7, 11) is 0. The molecule has 1 aliphatic carbocycles. The van der Waals surface area contributed by atoms with Gasteiger partial charge in [-0.05, 0) is 38.0 Å². The van der Waals surface area contributed by atoms with Gasteiger partial charge in [0.15, 0.2) is 0 Å². The predicted molar refractivity (Wildman–Crippen MR) is 50.9 cm³/mol. The Labute approximate surface area is 83.4 Å². The SMILES string of the molecule is N[C@@H](C(=O)O)[C@H]1CCOC2(CCC2)C1. The standard InChI is InChI=1S/C10H17NO3/c11-8(9(12)13)7-2-5-14-10(6-7)3-1-4-10/h7-8H,1-6,11H2,(H,12,13)/t7-,8+/m0/s1. The van der Waals surface area contributed by atoms with Gasteiger partial charge in [-0.15, -0.1) is 0 Å². The van der Waals surface area contributed by atoms with Gasteiger partial charge in [0.25, 0.3) is 0 Å². The number of ether oxygens (including phenoxy) is 1. The molecule has 0 aromatic heterocycles. The van der Waals surface area contributed by atoms with Crippen LogP contribution in [0, 0.1) is 5.92 Å². The molecule has 4 heteroatoms. The summed E-state index contributed by atoms with van der Waals surface area (Å²) in [5.41, 5.74) is 5.63. The van der Waals surface area contributed by atoms with E-state index in [2.05, 4.69) is 0 Å². The first-order chi connectivity index (χ1) is 6.63. The van der Waals surface area contributed by atoms with Crippen molar-refractivity contribution < 1.29 is 14.6 Å². The maximum Gasteiger partial charge on any atom is 0.320 e. The van der Waals surface area contributed by atoms with Gasteiger partial charge in [0, 0.05) is 6.61 Å². The van der Waals surface area contributed by atoms with E-state index in [0.29, 0.717) is 6.61 Å². The first kappa shape index (κ1) is 9.93. The highest BCUT2D eigenvalue weighted by molar-refractivity contribution is 5.73. The quantitative estimate of drug-likeness (QED) is 0.688. The Morgan fingerprint density at radius 1 is 1.57 bits per heavy atom. The molecular weight excluding hydrogens is 182 g/mol. The second kappa shape index (κ2) is 3.51. The summed E-state index contributed by atoms with van der Waals surface area (Å²) < 4.78 is 5.71. The van der Waals surface area contributed by atoms with Crippen LogP contribution in [-0.2, 0) is 9.53 Å². The Kier molecular flexibility index (Phi) is 2.49. The van der Waals surface area contributed by atoms with Crippen molar-refractivity contribution >= 4 is 5.97 Å². The van der Waals surface area contributed by atoms with Crippen LogP contribution in [0.3, 0.4) is 0 Å². The topological polar surface area (TPSA) is 72.6 Å². The van der Waals surface area contributed by atoms with Crippen LogP contribution in [0.2, 0.25) is 0 Å². The molecule has 2 aliphatic rings. The number of carboxylic acid groups (broad SMARTS) is 1. The maximum atomic E-state index is 10.8. The predicted octanol–water partition coefficient (Wildman–Crippen LogP) is 0.748. The third-order valence-electron chi connectivity index (χ3n) is 3.59. The number of aliphatic carboxylic acids is 1. The molecule has 1 saturated heterocycles. The first-order valence-corrected chi connectivity index (χ1v) is 5.25. The summed E-state index contributed by atoms with van der Waals surface area (Å²) >= 11 is 0. The molecule has 1 heterocycles. The Balaban J connectivity index is 1.96. The minimum Gasteiger partial charge on any atom is -0.480 e.